The highest BCUT2D eigenvalue weighted by atomic mass is 16.2. The fourth-order valence-electron chi connectivity index (χ4n) is 1.77. The van der Waals surface area contributed by atoms with Crippen molar-refractivity contribution in [3.8, 4) is 0 Å². The predicted molar refractivity (Wildman–Crippen MR) is 52.7 cm³/mol. The van der Waals surface area contributed by atoms with E-state index in [4.69, 9.17) is 0 Å². The summed E-state index contributed by atoms with van der Waals surface area (Å²) < 4.78 is 0. The number of hydrogen-bond acceptors (Lipinski definition) is 2. The molecule has 2 amide bonds. The largest absolute Gasteiger partial charge is 0.331 e. The highest BCUT2D eigenvalue weighted by molar-refractivity contribution is 5.74. The molecule has 4 heteroatoms. The third kappa shape index (κ3) is 2.59. The smallest absolute Gasteiger partial charge is 0.319 e. The number of carbonyl (C=O) groups excluding carboxylic acids is 1. The lowest BCUT2D eigenvalue weighted by Gasteiger charge is -2.37. The predicted octanol–water partition coefficient (Wildman–Crippen LogP) is 0.350. The van der Waals surface area contributed by atoms with Gasteiger partial charge in [0.2, 0.25) is 0 Å². The van der Waals surface area contributed by atoms with Crippen LogP contribution in [-0.4, -0.2) is 55.1 Å². The van der Waals surface area contributed by atoms with Crippen LogP contribution in [0.4, 0.5) is 4.79 Å². The molecule has 1 N–H and O–H groups in total. The second-order valence-corrected chi connectivity index (χ2v) is 4.05. The number of carbonyl (C=O) groups is 1. The van der Waals surface area contributed by atoms with E-state index < -0.39 is 0 Å². The van der Waals surface area contributed by atoms with Crippen LogP contribution in [0, 0.1) is 0 Å². The van der Waals surface area contributed by atoms with Crippen LogP contribution in [0.5, 0.6) is 0 Å². The van der Waals surface area contributed by atoms with E-state index in [-0.39, 0.29) is 6.03 Å². The maximum Gasteiger partial charge on any atom is 0.319 e. The average molecular weight is 185 g/mol. The summed E-state index contributed by atoms with van der Waals surface area (Å²) in [6.45, 7) is 5.82. The van der Waals surface area contributed by atoms with Gasteiger partial charge in [-0.3, -0.25) is 0 Å². The summed E-state index contributed by atoms with van der Waals surface area (Å²) in [5.74, 6) is 0. The van der Waals surface area contributed by atoms with Gasteiger partial charge in [0.05, 0.1) is 0 Å². The molecule has 1 fully saturated rings. The van der Waals surface area contributed by atoms with E-state index in [2.05, 4.69) is 19.2 Å². The van der Waals surface area contributed by atoms with Gasteiger partial charge in [0.1, 0.15) is 0 Å². The van der Waals surface area contributed by atoms with Crippen molar-refractivity contribution in [2.75, 3.05) is 27.2 Å². The first kappa shape index (κ1) is 10.3. The Bertz CT molecular complexity index is 183. The zero-order valence-electron chi connectivity index (χ0n) is 8.87. The van der Waals surface area contributed by atoms with Crippen LogP contribution in [0.1, 0.15) is 13.8 Å². The van der Waals surface area contributed by atoms with E-state index in [0.29, 0.717) is 12.1 Å². The van der Waals surface area contributed by atoms with Crippen LogP contribution in [0.2, 0.25) is 0 Å². The zero-order valence-corrected chi connectivity index (χ0v) is 8.87. The Morgan fingerprint density at radius 2 is 1.77 bits per heavy atom. The molecule has 0 radical (unpaired) electrons. The van der Waals surface area contributed by atoms with Gasteiger partial charge in [-0.2, -0.15) is 0 Å². The van der Waals surface area contributed by atoms with Crippen LogP contribution in [0.15, 0.2) is 0 Å². The molecule has 0 aliphatic carbocycles. The van der Waals surface area contributed by atoms with Crippen LogP contribution < -0.4 is 5.32 Å². The van der Waals surface area contributed by atoms with Crippen molar-refractivity contribution in [2.24, 2.45) is 0 Å². The quantitative estimate of drug-likeness (QED) is 0.591. The summed E-state index contributed by atoms with van der Waals surface area (Å²) in [5.41, 5.74) is 0. The van der Waals surface area contributed by atoms with Gasteiger partial charge in [-0.25, -0.2) is 4.79 Å². The third-order valence-electron chi connectivity index (χ3n) is 2.21. The molecule has 0 aromatic rings. The van der Waals surface area contributed by atoms with E-state index in [9.17, 15) is 4.79 Å². The first-order valence-corrected chi connectivity index (χ1v) is 4.73. The molecule has 0 bridgehead atoms. The van der Waals surface area contributed by atoms with E-state index in [1.807, 2.05) is 4.90 Å². The second kappa shape index (κ2) is 3.96. The topological polar surface area (TPSA) is 35.6 Å². The van der Waals surface area contributed by atoms with Crippen molar-refractivity contribution in [3.05, 3.63) is 0 Å². The lowest BCUT2D eigenvalue weighted by atomic mass is 10.1. The number of rotatable bonds is 0. The molecule has 13 heavy (non-hydrogen) atoms. The normalized spacial score (nSPS) is 28.8. The fourth-order valence-corrected chi connectivity index (χ4v) is 1.77. The lowest BCUT2D eigenvalue weighted by molar-refractivity contribution is 0.142. The third-order valence-corrected chi connectivity index (χ3v) is 2.21. The molecule has 0 aromatic carbocycles. The zero-order chi connectivity index (χ0) is 10.0. The van der Waals surface area contributed by atoms with Gasteiger partial charge in [0, 0.05) is 39.3 Å². The summed E-state index contributed by atoms with van der Waals surface area (Å²) in [7, 11) is 3.58. The SMILES string of the molecule is C[C@H]1CN(C(=O)N(C)C)C[C@H](C)N1. The summed E-state index contributed by atoms with van der Waals surface area (Å²) >= 11 is 0. The van der Waals surface area contributed by atoms with Gasteiger partial charge in [-0.15, -0.1) is 0 Å². The number of hydrogen-bond donors (Lipinski definition) is 1. The molecular formula is C9H19N3O. The lowest BCUT2D eigenvalue weighted by Crippen LogP contribution is -2.57. The van der Waals surface area contributed by atoms with Gasteiger partial charge in [-0.1, -0.05) is 0 Å². The van der Waals surface area contributed by atoms with Gasteiger partial charge in [0.15, 0.2) is 0 Å². The highest BCUT2D eigenvalue weighted by Gasteiger charge is 2.25. The summed E-state index contributed by atoms with van der Waals surface area (Å²) in [5, 5.41) is 3.39. The van der Waals surface area contributed by atoms with Crippen molar-refractivity contribution >= 4 is 6.03 Å². The molecule has 0 unspecified atom stereocenters. The van der Waals surface area contributed by atoms with Crippen LogP contribution in [0.3, 0.4) is 0 Å². The first-order valence-electron chi connectivity index (χ1n) is 4.73. The molecule has 0 spiro atoms. The van der Waals surface area contributed by atoms with Gasteiger partial charge in [0.25, 0.3) is 0 Å². The molecule has 1 aliphatic heterocycles. The molecule has 2 atom stereocenters. The van der Waals surface area contributed by atoms with E-state index in [1.54, 1.807) is 19.0 Å². The number of urea groups is 1. The van der Waals surface area contributed by atoms with Crippen molar-refractivity contribution in [3.63, 3.8) is 0 Å². The minimum Gasteiger partial charge on any atom is -0.331 e. The summed E-state index contributed by atoms with van der Waals surface area (Å²) in [6.07, 6.45) is 0. The minimum atomic E-state index is 0.111. The van der Waals surface area contributed by atoms with Crippen LogP contribution >= 0.6 is 0 Å². The van der Waals surface area contributed by atoms with E-state index >= 15 is 0 Å². The Morgan fingerprint density at radius 3 is 2.15 bits per heavy atom. The Balaban J connectivity index is 2.55. The number of amides is 2. The van der Waals surface area contributed by atoms with Crippen LogP contribution in [-0.2, 0) is 0 Å². The molecule has 1 rings (SSSR count). The minimum absolute atomic E-state index is 0.111. The maximum absolute atomic E-state index is 11.6. The first-order chi connectivity index (χ1) is 6.00. The highest BCUT2D eigenvalue weighted by Crippen LogP contribution is 2.05. The Labute approximate surface area is 79.9 Å². The molecule has 1 saturated heterocycles. The van der Waals surface area contributed by atoms with Crippen LogP contribution in [0.25, 0.3) is 0 Å². The molecule has 1 heterocycles. The maximum atomic E-state index is 11.6. The molecule has 4 nitrogen and oxygen atoms in total. The molecular weight excluding hydrogens is 166 g/mol. The van der Waals surface area contributed by atoms with Crippen molar-refractivity contribution in [1.82, 2.24) is 15.1 Å². The molecule has 76 valence electrons. The second-order valence-electron chi connectivity index (χ2n) is 4.05. The van der Waals surface area contributed by atoms with Gasteiger partial charge < -0.3 is 15.1 Å². The summed E-state index contributed by atoms with van der Waals surface area (Å²) in [4.78, 5) is 15.1. The molecule has 0 aromatic heterocycles. The van der Waals surface area contributed by atoms with Gasteiger partial charge in [-0.05, 0) is 13.8 Å². The standard InChI is InChI=1S/C9H19N3O/c1-7-5-12(6-8(2)10-7)9(13)11(3)4/h7-8,10H,5-6H2,1-4H3/t7-,8-/m0/s1. The number of nitrogens with zero attached hydrogens (tertiary/aromatic N) is 2. The van der Waals surface area contributed by atoms with Crippen molar-refractivity contribution < 1.29 is 4.79 Å². The number of piperazine rings is 1. The van der Waals surface area contributed by atoms with Gasteiger partial charge >= 0.3 is 6.03 Å². The Morgan fingerprint density at radius 1 is 1.31 bits per heavy atom. The van der Waals surface area contributed by atoms with Crippen molar-refractivity contribution in [2.45, 2.75) is 25.9 Å². The monoisotopic (exact) mass is 185 g/mol. The molecule has 0 saturated carbocycles. The number of nitrogens with one attached hydrogen (secondary N) is 1. The Kier molecular flexibility index (Phi) is 3.14. The summed E-state index contributed by atoms with van der Waals surface area (Å²) in [6, 6.07) is 0.903. The molecule has 1 aliphatic rings. The van der Waals surface area contributed by atoms with E-state index in [0.717, 1.165) is 13.1 Å². The fraction of sp³-hybridized carbons (Fsp3) is 0.889. The van der Waals surface area contributed by atoms with E-state index in [1.165, 1.54) is 0 Å². The average Bonchev–Trinajstić information content (AvgIpc) is 2.01. The Hall–Kier alpha value is -0.770. The van der Waals surface area contributed by atoms with Crippen molar-refractivity contribution in [1.29, 1.82) is 0 Å².